The summed E-state index contributed by atoms with van der Waals surface area (Å²) in [6.45, 7) is 3.93. The third kappa shape index (κ3) is 3.34. The van der Waals surface area contributed by atoms with Crippen LogP contribution in [-0.4, -0.2) is 20.7 Å². The van der Waals surface area contributed by atoms with Gasteiger partial charge in [-0.05, 0) is 69.2 Å². The first kappa shape index (κ1) is 18.5. The van der Waals surface area contributed by atoms with Gasteiger partial charge >= 0.3 is 0 Å². The van der Waals surface area contributed by atoms with Crippen molar-refractivity contribution < 1.29 is 9.18 Å². The fourth-order valence-corrected chi connectivity index (χ4v) is 3.67. The highest BCUT2D eigenvalue weighted by molar-refractivity contribution is 6.12. The molecule has 5 nitrogen and oxygen atoms in total. The Morgan fingerprint density at radius 3 is 2.43 bits per heavy atom. The normalized spacial score (nSPS) is 13.6. The van der Waals surface area contributed by atoms with Gasteiger partial charge in [-0.2, -0.15) is 5.10 Å². The summed E-state index contributed by atoms with van der Waals surface area (Å²) in [5.41, 5.74) is 5.50. The largest absolute Gasteiger partial charge is 0.322 e. The van der Waals surface area contributed by atoms with Crippen LogP contribution in [0.3, 0.4) is 0 Å². The minimum absolute atomic E-state index is 0.248. The predicted molar refractivity (Wildman–Crippen MR) is 115 cm³/mol. The molecule has 1 amide bonds. The molecule has 1 aliphatic rings. The Kier molecular flexibility index (Phi) is 4.35. The molecule has 0 aliphatic heterocycles. The zero-order valence-electron chi connectivity index (χ0n) is 16.8. The number of fused-ring (bicyclic) bond motifs is 1. The van der Waals surface area contributed by atoms with E-state index < -0.39 is 0 Å². The van der Waals surface area contributed by atoms with Crippen molar-refractivity contribution in [3.8, 4) is 5.69 Å². The molecule has 0 bridgehead atoms. The molecule has 1 aliphatic carbocycles. The zero-order chi connectivity index (χ0) is 20.8. The van der Waals surface area contributed by atoms with Gasteiger partial charge in [0.25, 0.3) is 5.91 Å². The van der Waals surface area contributed by atoms with Crippen molar-refractivity contribution >= 4 is 22.6 Å². The van der Waals surface area contributed by atoms with Crippen molar-refractivity contribution in [1.82, 2.24) is 14.8 Å². The Morgan fingerprint density at radius 1 is 1.07 bits per heavy atom. The van der Waals surface area contributed by atoms with Gasteiger partial charge in [0.2, 0.25) is 0 Å². The van der Waals surface area contributed by atoms with Gasteiger partial charge in [0, 0.05) is 17.3 Å². The molecular weight excluding hydrogens is 379 g/mol. The minimum Gasteiger partial charge on any atom is -0.322 e. The van der Waals surface area contributed by atoms with Crippen LogP contribution >= 0.6 is 0 Å². The number of hydrogen-bond donors (Lipinski definition) is 1. The molecule has 0 radical (unpaired) electrons. The monoisotopic (exact) mass is 400 g/mol. The fraction of sp³-hybridized carbons (Fsp3) is 0.208. The topological polar surface area (TPSA) is 59.8 Å². The second kappa shape index (κ2) is 7.06. The third-order valence-corrected chi connectivity index (χ3v) is 5.45. The summed E-state index contributed by atoms with van der Waals surface area (Å²) in [5.74, 6) is -0.207. The van der Waals surface area contributed by atoms with Crippen molar-refractivity contribution in [1.29, 1.82) is 0 Å². The van der Waals surface area contributed by atoms with Gasteiger partial charge in [0.15, 0.2) is 5.65 Å². The molecule has 150 valence electrons. The minimum atomic E-state index is -0.342. The van der Waals surface area contributed by atoms with Crippen LogP contribution in [0.25, 0.3) is 16.7 Å². The molecule has 0 saturated heterocycles. The molecule has 30 heavy (non-hydrogen) atoms. The van der Waals surface area contributed by atoms with Gasteiger partial charge in [-0.1, -0.05) is 17.7 Å². The highest BCUT2D eigenvalue weighted by atomic mass is 19.1. The van der Waals surface area contributed by atoms with Crippen LogP contribution in [-0.2, 0) is 0 Å². The summed E-state index contributed by atoms with van der Waals surface area (Å²) in [6, 6.07) is 15.7. The number of pyridine rings is 1. The lowest BCUT2D eigenvalue weighted by Gasteiger charge is -2.10. The Morgan fingerprint density at radius 2 is 1.77 bits per heavy atom. The number of halogens is 1. The molecule has 6 heteroatoms. The average molecular weight is 400 g/mol. The number of amides is 1. The number of anilines is 1. The zero-order valence-corrected chi connectivity index (χ0v) is 16.8. The number of rotatable bonds is 4. The van der Waals surface area contributed by atoms with Crippen molar-refractivity contribution in [2.45, 2.75) is 32.6 Å². The summed E-state index contributed by atoms with van der Waals surface area (Å²) in [7, 11) is 0. The van der Waals surface area contributed by atoms with Crippen LogP contribution in [0.4, 0.5) is 10.1 Å². The summed E-state index contributed by atoms with van der Waals surface area (Å²) < 4.78 is 15.0. The van der Waals surface area contributed by atoms with E-state index >= 15 is 0 Å². The van der Waals surface area contributed by atoms with Crippen molar-refractivity contribution in [3.05, 3.63) is 82.9 Å². The van der Waals surface area contributed by atoms with E-state index in [0.29, 0.717) is 22.8 Å². The summed E-state index contributed by atoms with van der Waals surface area (Å²) in [6.07, 6.45) is 2.16. The highest BCUT2D eigenvalue weighted by Crippen LogP contribution is 2.40. The summed E-state index contributed by atoms with van der Waals surface area (Å²) in [4.78, 5) is 18.1. The molecule has 2 aromatic heterocycles. The smallest absolute Gasteiger partial charge is 0.256 e. The van der Waals surface area contributed by atoms with E-state index in [9.17, 15) is 9.18 Å². The first-order chi connectivity index (χ1) is 14.5. The van der Waals surface area contributed by atoms with E-state index in [-0.39, 0.29) is 11.7 Å². The fourth-order valence-electron chi connectivity index (χ4n) is 3.67. The Labute approximate surface area is 173 Å². The van der Waals surface area contributed by atoms with E-state index in [0.717, 1.165) is 40.9 Å². The molecule has 1 N–H and O–H groups in total. The average Bonchev–Trinajstić information content (AvgIpc) is 3.54. The molecule has 5 rings (SSSR count). The second-order valence-corrected chi connectivity index (χ2v) is 7.86. The second-order valence-electron chi connectivity index (χ2n) is 7.86. The van der Waals surface area contributed by atoms with E-state index in [1.165, 1.54) is 12.1 Å². The molecule has 4 aromatic rings. The lowest BCUT2D eigenvalue weighted by molar-refractivity contribution is 0.102. The van der Waals surface area contributed by atoms with Gasteiger partial charge in [-0.15, -0.1) is 0 Å². The first-order valence-corrected chi connectivity index (χ1v) is 10.0. The molecule has 0 atom stereocenters. The quantitative estimate of drug-likeness (QED) is 0.505. The number of nitrogens with zero attached hydrogens (tertiary/aromatic N) is 3. The van der Waals surface area contributed by atoms with Crippen LogP contribution in [0, 0.1) is 19.7 Å². The highest BCUT2D eigenvalue weighted by Gasteiger charge is 2.29. The number of nitrogens with one attached hydrogen (secondary N) is 1. The van der Waals surface area contributed by atoms with E-state index in [1.807, 2.05) is 48.9 Å². The Balaban J connectivity index is 1.64. The molecular formula is C24H21FN4O. The van der Waals surface area contributed by atoms with Crippen molar-refractivity contribution in [2.24, 2.45) is 0 Å². The van der Waals surface area contributed by atoms with Crippen molar-refractivity contribution in [3.63, 3.8) is 0 Å². The van der Waals surface area contributed by atoms with E-state index in [1.54, 1.807) is 12.1 Å². The molecule has 1 fully saturated rings. The van der Waals surface area contributed by atoms with Gasteiger partial charge in [-0.3, -0.25) is 4.79 Å². The van der Waals surface area contributed by atoms with Crippen LogP contribution in [0.1, 0.15) is 46.1 Å². The van der Waals surface area contributed by atoms with Crippen LogP contribution in [0.5, 0.6) is 0 Å². The van der Waals surface area contributed by atoms with Crippen LogP contribution in [0.2, 0.25) is 0 Å². The molecule has 1 saturated carbocycles. The number of aromatic nitrogens is 3. The van der Waals surface area contributed by atoms with Gasteiger partial charge in [0.05, 0.1) is 22.3 Å². The standard InChI is InChI=1S/C24H21FN4O/c1-14-3-11-19(12-4-14)29-23-22(15(2)28-29)20(13-21(27-23)16-5-6-16)24(30)26-18-9-7-17(25)8-10-18/h3-4,7-13,16H,5-6H2,1-2H3,(H,26,30). The van der Waals surface area contributed by atoms with Gasteiger partial charge in [-0.25, -0.2) is 14.1 Å². The van der Waals surface area contributed by atoms with E-state index in [2.05, 4.69) is 5.32 Å². The summed E-state index contributed by atoms with van der Waals surface area (Å²) in [5, 5.41) is 8.31. The maximum atomic E-state index is 13.2. The molecule has 0 unspecified atom stereocenters. The Hall–Kier alpha value is -3.54. The number of hydrogen-bond acceptors (Lipinski definition) is 3. The molecule has 2 heterocycles. The Bertz CT molecular complexity index is 1260. The lowest BCUT2D eigenvalue weighted by Crippen LogP contribution is -2.13. The third-order valence-electron chi connectivity index (χ3n) is 5.45. The van der Waals surface area contributed by atoms with Gasteiger partial charge < -0.3 is 5.32 Å². The van der Waals surface area contributed by atoms with Crippen LogP contribution in [0.15, 0.2) is 54.6 Å². The number of benzene rings is 2. The number of aryl methyl sites for hydroxylation is 2. The maximum Gasteiger partial charge on any atom is 0.256 e. The van der Waals surface area contributed by atoms with Crippen molar-refractivity contribution in [2.75, 3.05) is 5.32 Å². The van der Waals surface area contributed by atoms with E-state index in [4.69, 9.17) is 10.1 Å². The van der Waals surface area contributed by atoms with Gasteiger partial charge in [0.1, 0.15) is 5.82 Å². The first-order valence-electron chi connectivity index (χ1n) is 10.0. The predicted octanol–water partition coefficient (Wildman–Crippen LogP) is 5.31. The molecule has 0 spiro atoms. The number of carbonyl (C=O) groups is 1. The summed E-state index contributed by atoms with van der Waals surface area (Å²) >= 11 is 0. The lowest BCUT2D eigenvalue weighted by atomic mass is 10.1. The SMILES string of the molecule is Cc1ccc(-n2nc(C)c3c(C(=O)Nc4ccc(F)cc4)cc(C4CC4)nc32)cc1. The molecule has 2 aromatic carbocycles. The number of carbonyl (C=O) groups excluding carboxylic acids is 1. The maximum absolute atomic E-state index is 13.2. The van der Waals surface area contributed by atoms with Crippen LogP contribution < -0.4 is 5.32 Å².